The number of hydrogen-bond acceptors (Lipinski definition) is 3. The minimum absolute atomic E-state index is 0.0260. The first-order valence-electron chi connectivity index (χ1n) is 6.00. The van der Waals surface area contributed by atoms with Crippen molar-refractivity contribution in [2.24, 2.45) is 11.7 Å². The van der Waals surface area contributed by atoms with Gasteiger partial charge in [-0.15, -0.1) is 0 Å². The van der Waals surface area contributed by atoms with Gasteiger partial charge < -0.3 is 16.4 Å². The molecule has 0 aromatic heterocycles. The van der Waals surface area contributed by atoms with E-state index in [-0.39, 0.29) is 23.9 Å². The Hall–Kier alpha value is -1.10. The molecule has 3 atom stereocenters. The minimum Gasteiger partial charge on any atom is -0.351 e. The number of rotatable bonds is 3. The lowest BCUT2D eigenvalue weighted by Crippen LogP contribution is -2.48. The number of nitrogens with two attached hydrogens (primary N) is 1. The monoisotopic (exact) mass is 225 g/mol. The number of carbonyl (C=O) groups excluding carboxylic acids is 2. The molecule has 4 N–H and O–H groups in total. The molecule has 2 fully saturated rings. The van der Waals surface area contributed by atoms with Crippen LogP contribution in [0.15, 0.2) is 0 Å². The minimum atomic E-state index is -0.327. The molecule has 1 aliphatic carbocycles. The van der Waals surface area contributed by atoms with Crippen molar-refractivity contribution in [2.45, 2.75) is 44.2 Å². The second kappa shape index (κ2) is 4.82. The number of hydrogen-bond donors (Lipinski definition) is 3. The Morgan fingerprint density at radius 3 is 2.88 bits per heavy atom. The molecule has 1 heterocycles. The summed E-state index contributed by atoms with van der Waals surface area (Å²) in [6.45, 7) is 0.627. The molecule has 0 spiro atoms. The quantitative estimate of drug-likeness (QED) is 0.606. The van der Waals surface area contributed by atoms with Crippen molar-refractivity contribution in [2.75, 3.05) is 6.54 Å². The molecule has 0 bridgehead atoms. The van der Waals surface area contributed by atoms with Crippen LogP contribution in [0.5, 0.6) is 0 Å². The van der Waals surface area contributed by atoms with Gasteiger partial charge >= 0.3 is 0 Å². The highest BCUT2D eigenvalue weighted by atomic mass is 16.2. The zero-order valence-corrected chi connectivity index (χ0v) is 9.37. The second-order valence-corrected chi connectivity index (χ2v) is 4.70. The van der Waals surface area contributed by atoms with Gasteiger partial charge in [0.15, 0.2) is 0 Å². The maximum atomic E-state index is 11.8. The fraction of sp³-hybridized carbons (Fsp3) is 0.818. The smallest absolute Gasteiger partial charge is 0.242 e. The van der Waals surface area contributed by atoms with Gasteiger partial charge in [-0.2, -0.15) is 0 Å². The average molecular weight is 225 g/mol. The molecule has 2 amide bonds. The van der Waals surface area contributed by atoms with Crippen molar-refractivity contribution < 1.29 is 9.59 Å². The van der Waals surface area contributed by atoms with Crippen LogP contribution in [-0.2, 0) is 9.59 Å². The summed E-state index contributed by atoms with van der Waals surface area (Å²) in [6, 6.07) is -0.124. The summed E-state index contributed by atoms with van der Waals surface area (Å²) in [6.07, 6.45) is 4.31. The summed E-state index contributed by atoms with van der Waals surface area (Å²) in [5.41, 5.74) is 5.65. The van der Waals surface area contributed by atoms with Crippen LogP contribution in [0, 0.1) is 5.92 Å². The van der Waals surface area contributed by atoms with E-state index >= 15 is 0 Å². The van der Waals surface area contributed by atoms with Crippen LogP contribution in [0.3, 0.4) is 0 Å². The van der Waals surface area contributed by atoms with Crippen molar-refractivity contribution in [1.82, 2.24) is 10.6 Å². The summed E-state index contributed by atoms with van der Waals surface area (Å²) in [4.78, 5) is 22.8. The van der Waals surface area contributed by atoms with E-state index in [4.69, 9.17) is 5.73 Å². The highest BCUT2D eigenvalue weighted by Gasteiger charge is 2.32. The van der Waals surface area contributed by atoms with Gasteiger partial charge in [-0.3, -0.25) is 9.59 Å². The molecule has 1 saturated carbocycles. The molecule has 2 rings (SSSR count). The Morgan fingerprint density at radius 2 is 2.25 bits per heavy atom. The van der Waals surface area contributed by atoms with E-state index in [1.807, 2.05) is 0 Å². The van der Waals surface area contributed by atoms with E-state index in [0.717, 1.165) is 19.3 Å². The Labute approximate surface area is 95.1 Å². The first-order chi connectivity index (χ1) is 7.70. The van der Waals surface area contributed by atoms with Gasteiger partial charge in [0.2, 0.25) is 11.8 Å². The topological polar surface area (TPSA) is 84.2 Å². The van der Waals surface area contributed by atoms with E-state index in [2.05, 4.69) is 10.6 Å². The fourth-order valence-electron chi connectivity index (χ4n) is 2.60. The molecule has 1 saturated heterocycles. The largest absolute Gasteiger partial charge is 0.351 e. The predicted molar refractivity (Wildman–Crippen MR) is 59.5 cm³/mol. The SMILES string of the molecule is NCC1CCCC1NC(=O)C1CCC(=O)N1. The molecular formula is C11H19N3O2. The highest BCUT2D eigenvalue weighted by molar-refractivity contribution is 5.90. The Morgan fingerprint density at radius 1 is 1.44 bits per heavy atom. The lowest BCUT2D eigenvalue weighted by molar-refractivity contribution is -0.126. The molecule has 5 nitrogen and oxygen atoms in total. The number of nitrogens with one attached hydrogen (secondary N) is 2. The van der Waals surface area contributed by atoms with Gasteiger partial charge in [0.05, 0.1) is 0 Å². The molecule has 1 aliphatic heterocycles. The molecule has 5 heteroatoms. The lowest BCUT2D eigenvalue weighted by Gasteiger charge is -2.21. The normalized spacial score (nSPS) is 33.8. The van der Waals surface area contributed by atoms with Crippen LogP contribution in [0.25, 0.3) is 0 Å². The van der Waals surface area contributed by atoms with Crippen molar-refractivity contribution >= 4 is 11.8 Å². The molecule has 2 aliphatic rings. The lowest BCUT2D eigenvalue weighted by atomic mass is 10.0. The first-order valence-corrected chi connectivity index (χ1v) is 6.00. The van der Waals surface area contributed by atoms with Crippen molar-refractivity contribution in [3.63, 3.8) is 0 Å². The third-order valence-electron chi connectivity index (χ3n) is 3.60. The molecule has 0 radical (unpaired) electrons. The van der Waals surface area contributed by atoms with E-state index < -0.39 is 0 Å². The molecule has 90 valence electrons. The summed E-state index contributed by atoms with van der Waals surface area (Å²) >= 11 is 0. The Bertz CT molecular complexity index is 293. The number of carbonyl (C=O) groups is 2. The van der Waals surface area contributed by atoms with Crippen molar-refractivity contribution in [3.05, 3.63) is 0 Å². The van der Waals surface area contributed by atoms with Gasteiger partial charge in [0.1, 0.15) is 6.04 Å². The Kier molecular flexibility index (Phi) is 3.43. The standard InChI is InChI=1S/C11H19N3O2/c12-6-7-2-1-3-8(7)14-11(16)9-4-5-10(15)13-9/h7-9H,1-6,12H2,(H,13,15)(H,14,16). The molecule has 0 aromatic rings. The van der Waals surface area contributed by atoms with E-state index in [1.165, 1.54) is 0 Å². The zero-order chi connectivity index (χ0) is 11.5. The highest BCUT2D eigenvalue weighted by Crippen LogP contribution is 2.24. The maximum Gasteiger partial charge on any atom is 0.242 e. The predicted octanol–water partition coefficient (Wildman–Crippen LogP) is -0.491. The van der Waals surface area contributed by atoms with E-state index in [1.54, 1.807) is 0 Å². The fourth-order valence-corrected chi connectivity index (χ4v) is 2.60. The molecular weight excluding hydrogens is 206 g/mol. The summed E-state index contributed by atoms with van der Waals surface area (Å²) in [5, 5.41) is 5.69. The van der Waals surface area contributed by atoms with Crippen LogP contribution < -0.4 is 16.4 Å². The van der Waals surface area contributed by atoms with Crippen LogP contribution in [-0.4, -0.2) is 30.4 Å². The van der Waals surface area contributed by atoms with Gasteiger partial charge in [-0.1, -0.05) is 6.42 Å². The summed E-state index contributed by atoms with van der Waals surface area (Å²) in [7, 11) is 0. The van der Waals surface area contributed by atoms with E-state index in [0.29, 0.717) is 25.3 Å². The summed E-state index contributed by atoms with van der Waals surface area (Å²) < 4.78 is 0. The molecule has 3 unspecified atom stereocenters. The third-order valence-corrected chi connectivity index (χ3v) is 3.60. The van der Waals surface area contributed by atoms with Gasteiger partial charge in [-0.05, 0) is 31.7 Å². The van der Waals surface area contributed by atoms with Crippen LogP contribution in [0.1, 0.15) is 32.1 Å². The van der Waals surface area contributed by atoms with Crippen LogP contribution >= 0.6 is 0 Å². The maximum absolute atomic E-state index is 11.8. The van der Waals surface area contributed by atoms with Gasteiger partial charge in [0.25, 0.3) is 0 Å². The third kappa shape index (κ3) is 2.35. The van der Waals surface area contributed by atoms with Gasteiger partial charge in [-0.25, -0.2) is 0 Å². The van der Waals surface area contributed by atoms with Crippen molar-refractivity contribution in [3.8, 4) is 0 Å². The number of amides is 2. The molecule has 0 aromatic carbocycles. The van der Waals surface area contributed by atoms with E-state index in [9.17, 15) is 9.59 Å². The second-order valence-electron chi connectivity index (χ2n) is 4.70. The van der Waals surface area contributed by atoms with Gasteiger partial charge in [0, 0.05) is 12.5 Å². The van der Waals surface area contributed by atoms with Crippen molar-refractivity contribution in [1.29, 1.82) is 0 Å². The van der Waals surface area contributed by atoms with Crippen LogP contribution in [0.4, 0.5) is 0 Å². The van der Waals surface area contributed by atoms with Crippen LogP contribution in [0.2, 0.25) is 0 Å². The average Bonchev–Trinajstić information content (AvgIpc) is 2.86. The molecule has 16 heavy (non-hydrogen) atoms. The summed E-state index contributed by atoms with van der Waals surface area (Å²) in [5.74, 6) is 0.333. The Balaban J connectivity index is 1.84. The first kappa shape index (κ1) is 11.4. The zero-order valence-electron chi connectivity index (χ0n) is 9.37.